The minimum absolute atomic E-state index is 0.0904. The molecule has 0 spiro atoms. The van der Waals surface area contributed by atoms with Crippen LogP contribution in [-0.2, 0) is 4.79 Å². The third kappa shape index (κ3) is 6.93. The fraction of sp³-hybridized carbons (Fsp3) is 0.692. The van der Waals surface area contributed by atoms with Gasteiger partial charge in [0.1, 0.15) is 0 Å². The summed E-state index contributed by atoms with van der Waals surface area (Å²) in [6.45, 7) is 1.05. The van der Waals surface area contributed by atoms with E-state index in [4.69, 9.17) is 5.11 Å². The Balaban J connectivity index is 1.99. The zero-order valence-corrected chi connectivity index (χ0v) is 10.7. The highest BCUT2D eigenvalue weighted by Crippen LogP contribution is 2.19. The van der Waals surface area contributed by atoms with Crippen molar-refractivity contribution < 1.29 is 14.7 Å². The molecule has 18 heavy (non-hydrogen) atoms. The molecule has 0 aliphatic heterocycles. The van der Waals surface area contributed by atoms with Gasteiger partial charge in [-0.1, -0.05) is 11.6 Å². The number of hydrogen-bond acceptors (Lipinski definition) is 2. The van der Waals surface area contributed by atoms with E-state index >= 15 is 0 Å². The Morgan fingerprint density at radius 3 is 2.67 bits per heavy atom. The molecule has 102 valence electrons. The van der Waals surface area contributed by atoms with Crippen LogP contribution in [0.25, 0.3) is 0 Å². The zero-order valence-electron chi connectivity index (χ0n) is 10.7. The van der Waals surface area contributed by atoms with Crippen molar-refractivity contribution in [3.05, 3.63) is 11.6 Å². The van der Waals surface area contributed by atoms with Crippen LogP contribution in [0.2, 0.25) is 0 Å². The first-order valence-corrected chi connectivity index (χ1v) is 6.60. The third-order valence-electron chi connectivity index (χ3n) is 2.97. The van der Waals surface area contributed by atoms with Crippen LogP contribution in [0.15, 0.2) is 11.6 Å². The number of rotatable bonds is 7. The normalized spacial score (nSPS) is 14.8. The van der Waals surface area contributed by atoms with Crippen molar-refractivity contribution >= 4 is 12.0 Å². The van der Waals surface area contributed by atoms with Crippen molar-refractivity contribution in [3.63, 3.8) is 0 Å². The number of carboxylic acids is 1. The van der Waals surface area contributed by atoms with Gasteiger partial charge < -0.3 is 15.7 Å². The fourth-order valence-corrected chi connectivity index (χ4v) is 1.97. The highest BCUT2D eigenvalue weighted by Gasteiger charge is 2.04. The number of nitrogens with one attached hydrogen (secondary N) is 2. The predicted molar refractivity (Wildman–Crippen MR) is 69.4 cm³/mol. The van der Waals surface area contributed by atoms with Crippen LogP contribution in [0.4, 0.5) is 4.79 Å². The van der Waals surface area contributed by atoms with Crippen LogP contribution >= 0.6 is 0 Å². The molecule has 1 rings (SSSR count). The molecule has 0 atom stereocenters. The lowest BCUT2D eigenvalue weighted by molar-refractivity contribution is -0.137. The monoisotopic (exact) mass is 254 g/mol. The average Bonchev–Trinajstić information content (AvgIpc) is 2.36. The molecule has 2 amide bonds. The molecule has 0 unspecified atom stereocenters. The molecular weight excluding hydrogens is 232 g/mol. The number of urea groups is 1. The number of carboxylic acid groups (broad SMARTS) is 1. The lowest BCUT2D eigenvalue weighted by Gasteiger charge is -2.13. The van der Waals surface area contributed by atoms with E-state index in [-0.39, 0.29) is 12.5 Å². The molecule has 5 nitrogen and oxygen atoms in total. The molecule has 1 aliphatic rings. The topological polar surface area (TPSA) is 78.4 Å². The van der Waals surface area contributed by atoms with Gasteiger partial charge in [0.05, 0.1) is 0 Å². The summed E-state index contributed by atoms with van der Waals surface area (Å²) in [6, 6.07) is -0.211. The van der Waals surface area contributed by atoms with Crippen LogP contribution in [0.5, 0.6) is 0 Å². The Hall–Kier alpha value is -1.52. The second-order valence-corrected chi connectivity index (χ2v) is 4.54. The van der Waals surface area contributed by atoms with Gasteiger partial charge in [-0.25, -0.2) is 4.79 Å². The average molecular weight is 254 g/mol. The van der Waals surface area contributed by atoms with Crippen LogP contribution in [-0.4, -0.2) is 30.2 Å². The summed E-state index contributed by atoms with van der Waals surface area (Å²) < 4.78 is 0. The maximum absolute atomic E-state index is 11.3. The number of hydrogen-bond donors (Lipinski definition) is 3. The molecule has 1 aliphatic carbocycles. The Bertz CT molecular complexity index is 313. The van der Waals surface area contributed by atoms with E-state index in [1.807, 2.05) is 0 Å². The number of carbonyl (C=O) groups excluding carboxylic acids is 1. The summed E-state index contributed by atoms with van der Waals surface area (Å²) >= 11 is 0. The summed E-state index contributed by atoms with van der Waals surface area (Å²) in [7, 11) is 0. The molecule has 0 aromatic rings. The summed E-state index contributed by atoms with van der Waals surface area (Å²) in [5.41, 5.74) is 1.44. The number of allylic oxidation sites excluding steroid dienone is 1. The molecule has 0 aromatic carbocycles. The van der Waals surface area contributed by atoms with Gasteiger partial charge in [-0.2, -0.15) is 0 Å². The maximum atomic E-state index is 11.3. The first-order valence-electron chi connectivity index (χ1n) is 6.60. The van der Waals surface area contributed by atoms with Gasteiger partial charge in [0.2, 0.25) is 0 Å². The van der Waals surface area contributed by atoms with Crippen LogP contribution in [0, 0.1) is 0 Å². The first kappa shape index (κ1) is 14.5. The fourth-order valence-electron chi connectivity index (χ4n) is 1.97. The Kier molecular flexibility index (Phi) is 6.91. The van der Waals surface area contributed by atoms with E-state index in [1.54, 1.807) is 0 Å². The van der Waals surface area contributed by atoms with Gasteiger partial charge in [0.25, 0.3) is 0 Å². The third-order valence-corrected chi connectivity index (χ3v) is 2.97. The lowest BCUT2D eigenvalue weighted by atomic mass is 9.97. The molecule has 3 N–H and O–H groups in total. The van der Waals surface area contributed by atoms with E-state index in [2.05, 4.69) is 16.7 Å². The van der Waals surface area contributed by atoms with Gasteiger partial charge in [-0.15, -0.1) is 0 Å². The largest absolute Gasteiger partial charge is 0.481 e. The summed E-state index contributed by atoms with van der Waals surface area (Å²) in [5.74, 6) is -0.832. The molecule has 0 bridgehead atoms. The number of aliphatic carboxylic acids is 1. The minimum atomic E-state index is -0.832. The van der Waals surface area contributed by atoms with E-state index in [0.717, 1.165) is 19.3 Å². The van der Waals surface area contributed by atoms with Crippen molar-refractivity contribution in [1.82, 2.24) is 10.6 Å². The van der Waals surface area contributed by atoms with Crippen molar-refractivity contribution in [3.8, 4) is 0 Å². The Labute approximate surface area is 108 Å². The van der Waals surface area contributed by atoms with E-state index in [9.17, 15) is 9.59 Å². The quantitative estimate of drug-likeness (QED) is 0.480. The first-order chi connectivity index (χ1) is 8.68. The molecule has 0 aromatic heterocycles. The van der Waals surface area contributed by atoms with Gasteiger partial charge >= 0.3 is 12.0 Å². The van der Waals surface area contributed by atoms with Gasteiger partial charge in [0.15, 0.2) is 0 Å². The molecule has 0 saturated heterocycles. The Morgan fingerprint density at radius 2 is 2.00 bits per heavy atom. The predicted octanol–water partition coefficient (Wildman–Crippen LogP) is 2.04. The van der Waals surface area contributed by atoms with E-state index < -0.39 is 5.97 Å². The SMILES string of the molecule is O=C(O)CCCNC(=O)NCCC1=CCCCC1. The summed E-state index contributed by atoms with van der Waals surface area (Å²) in [4.78, 5) is 21.6. The molecule has 5 heteroatoms. The van der Waals surface area contributed by atoms with E-state index in [0.29, 0.717) is 19.5 Å². The second kappa shape index (κ2) is 8.55. The highest BCUT2D eigenvalue weighted by molar-refractivity contribution is 5.73. The van der Waals surface area contributed by atoms with E-state index in [1.165, 1.54) is 18.4 Å². The molecule has 0 fully saturated rings. The minimum Gasteiger partial charge on any atom is -0.481 e. The second-order valence-electron chi connectivity index (χ2n) is 4.54. The maximum Gasteiger partial charge on any atom is 0.314 e. The lowest BCUT2D eigenvalue weighted by Crippen LogP contribution is -2.36. The summed E-state index contributed by atoms with van der Waals surface area (Å²) in [5, 5.41) is 13.9. The van der Waals surface area contributed by atoms with Gasteiger partial charge in [0, 0.05) is 19.5 Å². The van der Waals surface area contributed by atoms with Crippen LogP contribution < -0.4 is 10.6 Å². The van der Waals surface area contributed by atoms with Crippen molar-refractivity contribution in [1.29, 1.82) is 0 Å². The van der Waals surface area contributed by atoms with Crippen molar-refractivity contribution in [2.75, 3.05) is 13.1 Å². The number of amides is 2. The molecule has 0 radical (unpaired) electrons. The van der Waals surface area contributed by atoms with Gasteiger partial charge in [-0.05, 0) is 38.5 Å². The van der Waals surface area contributed by atoms with Crippen molar-refractivity contribution in [2.45, 2.75) is 44.9 Å². The molecule has 0 saturated carbocycles. The molecular formula is C13H22N2O3. The summed E-state index contributed by atoms with van der Waals surface area (Å²) in [6.07, 6.45) is 8.60. The van der Waals surface area contributed by atoms with Crippen molar-refractivity contribution in [2.24, 2.45) is 0 Å². The number of carbonyl (C=O) groups is 2. The van der Waals surface area contributed by atoms with Crippen LogP contribution in [0.3, 0.4) is 0 Å². The standard InChI is InChI=1S/C13H22N2O3/c16-12(17)7-4-9-14-13(18)15-10-8-11-5-2-1-3-6-11/h5H,1-4,6-10H2,(H,16,17)(H2,14,15,18). The highest BCUT2D eigenvalue weighted by atomic mass is 16.4. The smallest absolute Gasteiger partial charge is 0.314 e. The van der Waals surface area contributed by atoms with Crippen LogP contribution in [0.1, 0.15) is 44.9 Å². The van der Waals surface area contributed by atoms with Gasteiger partial charge in [-0.3, -0.25) is 4.79 Å². The Morgan fingerprint density at radius 1 is 1.22 bits per heavy atom. The molecule has 0 heterocycles. The zero-order chi connectivity index (χ0) is 13.2.